The van der Waals surface area contributed by atoms with Gasteiger partial charge in [-0.25, -0.2) is 0 Å². The number of rotatable bonds is 7. The van der Waals surface area contributed by atoms with E-state index in [1.165, 1.54) is 0 Å². The molecule has 17 heavy (non-hydrogen) atoms. The summed E-state index contributed by atoms with van der Waals surface area (Å²) in [5.41, 5.74) is -0.557. The van der Waals surface area contributed by atoms with Crippen LogP contribution < -0.4 is 4.72 Å². The van der Waals surface area contributed by atoms with E-state index in [4.69, 9.17) is 4.18 Å². The highest BCUT2D eigenvalue weighted by Gasteiger charge is 2.44. The van der Waals surface area contributed by atoms with Crippen LogP contribution in [0.5, 0.6) is 0 Å². The van der Waals surface area contributed by atoms with Crippen molar-refractivity contribution in [3.8, 4) is 0 Å². The summed E-state index contributed by atoms with van der Waals surface area (Å²) < 4.78 is 30.1. The predicted molar refractivity (Wildman–Crippen MR) is 62.4 cm³/mol. The highest BCUT2D eigenvalue weighted by molar-refractivity contribution is 7.84. The summed E-state index contributed by atoms with van der Waals surface area (Å²) in [4.78, 5) is 11.6. The van der Waals surface area contributed by atoms with Gasteiger partial charge in [0.05, 0.1) is 12.1 Å². The predicted octanol–water partition coefficient (Wildman–Crippen LogP) is 0.781. The van der Waals surface area contributed by atoms with Gasteiger partial charge >= 0.3 is 10.3 Å². The normalized spacial score (nSPS) is 29.7. The molecule has 2 aliphatic carbocycles. The first kappa shape index (κ1) is 12.7. The quantitative estimate of drug-likeness (QED) is 0.686. The van der Waals surface area contributed by atoms with Crippen LogP contribution in [0.2, 0.25) is 0 Å². The number of hydrogen-bond acceptors (Lipinski definition) is 4. The Morgan fingerprint density at radius 2 is 2.24 bits per heavy atom. The van der Waals surface area contributed by atoms with Crippen molar-refractivity contribution in [3.05, 3.63) is 12.7 Å². The van der Waals surface area contributed by atoms with Crippen molar-refractivity contribution >= 4 is 16.1 Å². The van der Waals surface area contributed by atoms with E-state index in [2.05, 4.69) is 11.3 Å². The molecule has 1 N–H and O–H groups in total. The van der Waals surface area contributed by atoms with Gasteiger partial charge in [0.1, 0.15) is 0 Å². The summed E-state index contributed by atoms with van der Waals surface area (Å²) >= 11 is 0. The molecular formula is C11H17NO4S. The molecule has 0 spiro atoms. The summed E-state index contributed by atoms with van der Waals surface area (Å²) in [5.74, 6) is 0.0589. The minimum Gasteiger partial charge on any atom is -0.298 e. The third kappa shape index (κ3) is 3.37. The van der Waals surface area contributed by atoms with E-state index in [1.807, 2.05) is 0 Å². The maximum absolute atomic E-state index is 11.6. The zero-order valence-electron chi connectivity index (χ0n) is 9.81. The Bertz CT molecular complexity index is 438. The van der Waals surface area contributed by atoms with E-state index in [0.717, 1.165) is 19.3 Å². The zero-order chi connectivity index (χ0) is 12.7. The summed E-state index contributed by atoms with van der Waals surface area (Å²) in [6.45, 7) is 5.16. The van der Waals surface area contributed by atoms with E-state index in [1.54, 1.807) is 13.0 Å². The molecule has 0 aliphatic heterocycles. The largest absolute Gasteiger partial charge is 0.336 e. The summed E-state index contributed by atoms with van der Waals surface area (Å²) in [6, 6.07) is 0. The van der Waals surface area contributed by atoms with Crippen LogP contribution in [-0.2, 0) is 19.3 Å². The molecule has 2 aliphatic rings. The molecule has 2 saturated carbocycles. The van der Waals surface area contributed by atoms with Gasteiger partial charge in [-0.2, -0.15) is 13.1 Å². The minimum atomic E-state index is -3.80. The van der Waals surface area contributed by atoms with Gasteiger partial charge in [0, 0.05) is 5.92 Å². The molecule has 5 nitrogen and oxygen atoms in total. The number of ketones is 1. The van der Waals surface area contributed by atoms with E-state index in [9.17, 15) is 13.2 Å². The van der Waals surface area contributed by atoms with Gasteiger partial charge in [0.15, 0.2) is 5.78 Å². The van der Waals surface area contributed by atoms with Gasteiger partial charge in [-0.3, -0.25) is 8.98 Å². The highest BCUT2D eigenvalue weighted by Crippen LogP contribution is 2.40. The monoisotopic (exact) mass is 259 g/mol. The average molecular weight is 259 g/mol. The fourth-order valence-corrected chi connectivity index (χ4v) is 2.76. The first-order valence-corrected chi connectivity index (χ1v) is 7.11. The van der Waals surface area contributed by atoms with Crippen LogP contribution >= 0.6 is 0 Å². The smallest absolute Gasteiger partial charge is 0.298 e. The van der Waals surface area contributed by atoms with Crippen LogP contribution in [0.4, 0.5) is 0 Å². The number of hydrogen-bond donors (Lipinski definition) is 1. The number of nitrogens with one attached hydrogen (secondary N) is 1. The number of carbonyl (C=O) groups is 1. The molecule has 0 heterocycles. The van der Waals surface area contributed by atoms with Crippen molar-refractivity contribution in [2.45, 2.75) is 31.8 Å². The molecule has 6 heteroatoms. The van der Waals surface area contributed by atoms with Gasteiger partial charge in [-0.1, -0.05) is 6.08 Å². The van der Waals surface area contributed by atoms with Crippen molar-refractivity contribution in [1.29, 1.82) is 0 Å². The maximum atomic E-state index is 11.6. The molecule has 0 aromatic heterocycles. The van der Waals surface area contributed by atoms with Crippen molar-refractivity contribution < 1.29 is 17.4 Å². The molecule has 2 atom stereocenters. The first-order valence-electron chi connectivity index (χ1n) is 5.71. The molecule has 0 saturated heterocycles. The van der Waals surface area contributed by atoms with E-state index in [0.29, 0.717) is 0 Å². The Labute approximate surface area is 101 Å². The highest BCUT2D eigenvalue weighted by atomic mass is 32.2. The minimum absolute atomic E-state index is 0.0632. The summed E-state index contributed by atoms with van der Waals surface area (Å²) in [6.07, 6.45) is 3.99. The molecule has 0 aromatic carbocycles. The zero-order valence-corrected chi connectivity index (χ0v) is 10.6. The Balaban J connectivity index is 1.77. The van der Waals surface area contributed by atoms with Gasteiger partial charge in [0.25, 0.3) is 0 Å². The van der Waals surface area contributed by atoms with Crippen molar-refractivity contribution in [1.82, 2.24) is 4.72 Å². The Morgan fingerprint density at radius 1 is 1.59 bits per heavy atom. The molecule has 0 bridgehead atoms. The second-order valence-electron chi connectivity index (χ2n) is 5.02. The fourth-order valence-electron chi connectivity index (χ4n) is 1.69. The summed E-state index contributed by atoms with van der Waals surface area (Å²) in [5, 5.41) is 0. The Kier molecular flexibility index (Phi) is 3.14. The second kappa shape index (κ2) is 4.19. The molecule has 2 unspecified atom stereocenters. The van der Waals surface area contributed by atoms with Crippen molar-refractivity contribution in [2.24, 2.45) is 11.8 Å². The maximum Gasteiger partial charge on any atom is 0.336 e. The third-order valence-corrected chi connectivity index (χ3v) is 4.36. The van der Waals surface area contributed by atoms with Crippen LogP contribution in [0.3, 0.4) is 0 Å². The topological polar surface area (TPSA) is 72.5 Å². The van der Waals surface area contributed by atoms with Gasteiger partial charge in [-0.05, 0) is 32.1 Å². The van der Waals surface area contributed by atoms with E-state index in [-0.39, 0.29) is 24.2 Å². The van der Waals surface area contributed by atoms with Crippen LogP contribution in [0.1, 0.15) is 26.2 Å². The van der Waals surface area contributed by atoms with E-state index < -0.39 is 15.9 Å². The van der Waals surface area contributed by atoms with Crippen molar-refractivity contribution in [3.63, 3.8) is 0 Å². The fraction of sp³-hybridized carbons (Fsp3) is 0.727. The van der Waals surface area contributed by atoms with Gasteiger partial charge < -0.3 is 0 Å². The van der Waals surface area contributed by atoms with Gasteiger partial charge in [0.2, 0.25) is 0 Å². The molecule has 2 fully saturated rings. The Hall–Kier alpha value is -0.720. The van der Waals surface area contributed by atoms with Crippen LogP contribution in [0.15, 0.2) is 12.7 Å². The van der Waals surface area contributed by atoms with Crippen LogP contribution in [0.25, 0.3) is 0 Å². The lowest BCUT2D eigenvalue weighted by atomic mass is 10.2. The van der Waals surface area contributed by atoms with Gasteiger partial charge in [-0.15, -0.1) is 6.58 Å². The third-order valence-electron chi connectivity index (χ3n) is 3.24. The molecule has 0 amide bonds. The Morgan fingerprint density at radius 3 is 2.71 bits per heavy atom. The number of allylic oxidation sites excluding steroid dienone is 1. The standard InChI is InChI=1S/C11H17NO4S/c1-3-8-6-9(8)10(13)7-12-17(14,15)16-11(2)4-5-11/h3,8-9,12H,1,4-7H2,2H3. The summed E-state index contributed by atoms with van der Waals surface area (Å²) in [7, 11) is -3.80. The lowest BCUT2D eigenvalue weighted by molar-refractivity contribution is -0.119. The van der Waals surface area contributed by atoms with E-state index >= 15 is 0 Å². The van der Waals surface area contributed by atoms with Crippen molar-refractivity contribution in [2.75, 3.05) is 6.54 Å². The average Bonchev–Trinajstić information content (AvgIpc) is 3.11. The number of Topliss-reactive ketones (excluding diaryl/α,β-unsaturated/α-hetero) is 1. The second-order valence-corrected chi connectivity index (χ2v) is 6.38. The SMILES string of the molecule is C=CC1CC1C(=O)CNS(=O)(=O)OC1(C)CC1. The molecule has 0 radical (unpaired) electrons. The lowest BCUT2D eigenvalue weighted by Crippen LogP contribution is -2.34. The first-order chi connectivity index (χ1) is 7.85. The molecule has 0 aromatic rings. The molecule has 2 rings (SSSR count). The lowest BCUT2D eigenvalue weighted by Gasteiger charge is -2.11. The molecule has 96 valence electrons. The van der Waals surface area contributed by atoms with Crippen LogP contribution in [0, 0.1) is 11.8 Å². The number of carbonyl (C=O) groups excluding carboxylic acids is 1. The molecular weight excluding hydrogens is 242 g/mol. The van der Waals surface area contributed by atoms with Crippen LogP contribution in [-0.4, -0.2) is 26.3 Å².